The molecule has 1 atom stereocenters. The van der Waals surface area contributed by atoms with Crippen LogP contribution in [0.5, 0.6) is 5.75 Å². The van der Waals surface area contributed by atoms with E-state index < -0.39 is 15.4 Å². The molecule has 216 valence electrons. The number of aromatic nitrogens is 3. The molecule has 0 radical (unpaired) electrons. The van der Waals surface area contributed by atoms with Gasteiger partial charge in [-0.05, 0) is 70.0 Å². The highest BCUT2D eigenvalue weighted by Crippen LogP contribution is 2.31. The molecule has 10 nitrogen and oxygen atoms in total. The molecule has 0 unspecified atom stereocenters. The zero-order valence-electron chi connectivity index (χ0n) is 23.3. The molecule has 4 aromatic rings. The molecule has 2 aromatic heterocycles. The van der Waals surface area contributed by atoms with Gasteiger partial charge < -0.3 is 19.7 Å². The van der Waals surface area contributed by atoms with Crippen LogP contribution < -0.4 is 10.1 Å². The van der Waals surface area contributed by atoms with E-state index >= 15 is 0 Å². The van der Waals surface area contributed by atoms with E-state index in [-0.39, 0.29) is 23.6 Å². The largest absolute Gasteiger partial charge is 0.490 e. The number of fused-ring (bicyclic) bond motifs is 1. The van der Waals surface area contributed by atoms with Gasteiger partial charge in [-0.15, -0.1) is 5.10 Å². The van der Waals surface area contributed by atoms with Crippen molar-refractivity contribution in [2.45, 2.75) is 50.2 Å². The number of hydrogen-bond donors (Lipinski definition) is 1. The Balaban J connectivity index is 1.32. The first-order chi connectivity index (χ1) is 19.4. The third-order valence-corrected chi connectivity index (χ3v) is 8.00. The normalized spacial score (nSPS) is 15.7. The summed E-state index contributed by atoms with van der Waals surface area (Å²) in [5.74, 6) is 0.794. The van der Waals surface area contributed by atoms with Crippen molar-refractivity contribution in [3.05, 3.63) is 65.8 Å². The highest BCUT2D eigenvalue weighted by molar-refractivity contribution is 7.90. The average Bonchev–Trinajstić information content (AvgIpc) is 3.55. The van der Waals surface area contributed by atoms with Crippen LogP contribution in [-0.2, 0) is 14.6 Å². The number of halogens is 1. The Morgan fingerprint density at radius 3 is 2.71 bits per heavy atom. The molecule has 1 N–H and O–H groups in total. The Bertz CT molecular complexity index is 1700. The van der Waals surface area contributed by atoms with Crippen LogP contribution in [0.25, 0.3) is 16.8 Å². The number of nitrogens with zero attached hydrogens (tertiary/aromatic N) is 4. The van der Waals surface area contributed by atoms with Gasteiger partial charge in [-0.25, -0.2) is 22.7 Å². The molecule has 3 heterocycles. The Labute approximate surface area is 244 Å². The number of ether oxygens (including phenoxy) is 2. The number of amides is 1. The van der Waals surface area contributed by atoms with Crippen LogP contribution >= 0.6 is 11.6 Å². The molecule has 0 spiro atoms. The SMILES string of the molecule is CC(C)(C)OC(=O)N1CCC[C@@H]1COc1cc(Nc2ncc3ccc(-c4cccc(S(C)(=O)=O)c4)n3n2)ccc1Cl. The first-order valence-corrected chi connectivity index (χ1v) is 15.5. The van der Waals surface area contributed by atoms with Gasteiger partial charge in [0.1, 0.15) is 18.0 Å². The standard InChI is InChI=1S/C29H32ClN5O5S/c1-29(2,3)40-28(36)34-14-6-8-22(34)18-39-26-16-20(10-12-24(26)30)32-27-31-17-21-11-13-25(35(21)33-27)19-7-5-9-23(15-19)41(4,37)38/h5,7,9-13,15-17,22H,6,8,14,18H2,1-4H3,(H,32,33)/t22-/m1/s1. The van der Waals surface area contributed by atoms with E-state index in [1.807, 2.05) is 39.0 Å². The Morgan fingerprint density at radius 2 is 1.95 bits per heavy atom. The topological polar surface area (TPSA) is 115 Å². The lowest BCUT2D eigenvalue weighted by atomic mass is 10.2. The first-order valence-electron chi connectivity index (χ1n) is 13.2. The minimum Gasteiger partial charge on any atom is -0.490 e. The lowest BCUT2D eigenvalue weighted by molar-refractivity contribution is 0.0187. The van der Waals surface area contributed by atoms with Crippen molar-refractivity contribution in [3.8, 4) is 17.0 Å². The first kappa shape index (κ1) is 28.7. The second-order valence-electron chi connectivity index (χ2n) is 11.0. The van der Waals surface area contributed by atoms with Crippen LogP contribution in [0.3, 0.4) is 0 Å². The molecule has 0 saturated carbocycles. The quantitative estimate of drug-likeness (QED) is 0.277. The second-order valence-corrected chi connectivity index (χ2v) is 13.4. The molecule has 1 saturated heterocycles. The summed E-state index contributed by atoms with van der Waals surface area (Å²) in [7, 11) is -3.35. The smallest absolute Gasteiger partial charge is 0.410 e. The van der Waals surface area contributed by atoms with Gasteiger partial charge >= 0.3 is 6.09 Å². The van der Waals surface area contributed by atoms with Crippen LogP contribution in [0.2, 0.25) is 5.02 Å². The molecular formula is C29H32ClN5O5S. The molecule has 1 amide bonds. The summed E-state index contributed by atoms with van der Waals surface area (Å²) in [5, 5.41) is 8.26. The van der Waals surface area contributed by atoms with Crippen molar-refractivity contribution in [1.82, 2.24) is 19.5 Å². The summed E-state index contributed by atoms with van der Waals surface area (Å²) < 4.78 is 37.4. The fourth-order valence-corrected chi connectivity index (χ4v) is 5.48. The van der Waals surface area contributed by atoms with Gasteiger partial charge in [-0.3, -0.25) is 0 Å². The van der Waals surface area contributed by atoms with Gasteiger partial charge in [0.05, 0.1) is 33.4 Å². The average molecular weight is 598 g/mol. The summed E-state index contributed by atoms with van der Waals surface area (Å²) in [6.07, 6.45) is 4.21. The van der Waals surface area contributed by atoms with Gasteiger partial charge in [0, 0.05) is 30.1 Å². The second kappa shape index (κ2) is 11.2. The van der Waals surface area contributed by atoms with Gasteiger partial charge in [-0.2, -0.15) is 0 Å². The van der Waals surface area contributed by atoms with E-state index in [0.29, 0.717) is 34.5 Å². The molecule has 1 aliphatic heterocycles. The monoisotopic (exact) mass is 597 g/mol. The number of sulfone groups is 1. The highest BCUT2D eigenvalue weighted by atomic mass is 35.5. The molecule has 1 aliphatic rings. The number of carbonyl (C=O) groups is 1. The molecule has 2 aromatic carbocycles. The highest BCUT2D eigenvalue weighted by Gasteiger charge is 2.32. The molecule has 41 heavy (non-hydrogen) atoms. The fraction of sp³-hybridized carbons (Fsp3) is 0.345. The van der Waals surface area contributed by atoms with Crippen molar-refractivity contribution >= 4 is 44.7 Å². The summed E-state index contributed by atoms with van der Waals surface area (Å²) in [6, 6.07) is 15.6. The van der Waals surface area contributed by atoms with Crippen LogP contribution in [-0.4, -0.2) is 65.1 Å². The van der Waals surface area contributed by atoms with E-state index in [9.17, 15) is 13.2 Å². The van der Waals surface area contributed by atoms with Crippen molar-refractivity contribution in [1.29, 1.82) is 0 Å². The van der Waals surface area contributed by atoms with Crippen LogP contribution in [0.4, 0.5) is 16.4 Å². The maximum atomic E-state index is 12.6. The zero-order chi connectivity index (χ0) is 29.4. The number of nitrogens with one attached hydrogen (secondary N) is 1. The molecule has 0 aliphatic carbocycles. The third kappa shape index (κ3) is 6.74. The van der Waals surface area contributed by atoms with Gasteiger partial charge in [0.25, 0.3) is 0 Å². The summed E-state index contributed by atoms with van der Waals surface area (Å²) in [5.41, 5.74) is 2.28. The molecule has 12 heteroatoms. The molecular weight excluding hydrogens is 566 g/mol. The molecule has 0 bridgehead atoms. The van der Waals surface area contributed by atoms with E-state index in [2.05, 4.69) is 15.4 Å². The number of benzene rings is 2. The number of rotatable bonds is 7. The van der Waals surface area contributed by atoms with E-state index in [1.54, 1.807) is 52.0 Å². The predicted molar refractivity (Wildman–Crippen MR) is 158 cm³/mol. The summed E-state index contributed by atoms with van der Waals surface area (Å²) in [4.78, 5) is 19.0. The van der Waals surface area contributed by atoms with Crippen LogP contribution in [0.15, 0.2) is 65.7 Å². The lowest BCUT2D eigenvalue weighted by Gasteiger charge is -2.28. The van der Waals surface area contributed by atoms with Gasteiger partial charge in [0.15, 0.2) is 9.84 Å². The Morgan fingerprint density at radius 1 is 1.15 bits per heavy atom. The molecule has 1 fully saturated rings. The number of anilines is 2. The summed E-state index contributed by atoms with van der Waals surface area (Å²) in [6.45, 7) is 6.45. The lowest BCUT2D eigenvalue weighted by Crippen LogP contribution is -2.42. The van der Waals surface area contributed by atoms with E-state index in [1.165, 1.54) is 6.26 Å². The van der Waals surface area contributed by atoms with Gasteiger partial charge in [0.2, 0.25) is 5.95 Å². The Kier molecular flexibility index (Phi) is 7.85. The van der Waals surface area contributed by atoms with Crippen molar-refractivity contribution in [3.63, 3.8) is 0 Å². The third-order valence-electron chi connectivity index (χ3n) is 6.58. The maximum absolute atomic E-state index is 12.6. The van der Waals surface area contributed by atoms with Crippen molar-refractivity contribution in [2.24, 2.45) is 0 Å². The minimum absolute atomic E-state index is 0.114. The predicted octanol–water partition coefficient (Wildman–Crippen LogP) is 5.98. The minimum atomic E-state index is -3.35. The number of likely N-dealkylation sites (tertiary alicyclic amines) is 1. The van der Waals surface area contributed by atoms with Crippen LogP contribution in [0.1, 0.15) is 33.6 Å². The van der Waals surface area contributed by atoms with Gasteiger partial charge in [-0.1, -0.05) is 23.7 Å². The number of hydrogen-bond acceptors (Lipinski definition) is 8. The van der Waals surface area contributed by atoms with E-state index in [4.69, 9.17) is 21.1 Å². The van der Waals surface area contributed by atoms with E-state index in [0.717, 1.165) is 24.1 Å². The fourth-order valence-electron chi connectivity index (χ4n) is 4.64. The van der Waals surface area contributed by atoms with Crippen molar-refractivity contribution in [2.75, 3.05) is 24.7 Å². The van der Waals surface area contributed by atoms with Crippen molar-refractivity contribution < 1.29 is 22.7 Å². The Hall–Kier alpha value is -3.83. The van der Waals surface area contributed by atoms with Crippen LogP contribution in [0, 0.1) is 0 Å². The number of carbonyl (C=O) groups excluding carboxylic acids is 1. The molecule has 5 rings (SSSR count). The summed E-state index contributed by atoms with van der Waals surface area (Å²) >= 11 is 6.43. The zero-order valence-corrected chi connectivity index (χ0v) is 24.9. The maximum Gasteiger partial charge on any atom is 0.410 e.